The van der Waals surface area contributed by atoms with Crippen LogP contribution in [0.1, 0.15) is 37.6 Å². The molecule has 0 bridgehead atoms. The molecular weight excluding hydrogens is 258 g/mol. The smallest absolute Gasteiger partial charge is 0.0673 e. The number of hydrogen-bond acceptors (Lipinski definition) is 3. The second-order valence-corrected chi connectivity index (χ2v) is 5.51. The summed E-state index contributed by atoms with van der Waals surface area (Å²) in [7, 11) is 0. The van der Waals surface area contributed by atoms with Crippen LogP contribution in [0.5, 0.6) is 0 Å². The van der Waals surface area contributed by atoms with Crippen LogP contribution in [-0.2, 0) is 6.54 Å². The molecule has 0 fully saturated rings. The third-order valence-electron chi connectivity index (χ3n) is 3.62. The van der Waals surface area contributed by atoms with E-state index in [1.54, 1.807) is 0 Å². The van der Waals surface area contributed by atoms with E-state index in [-0.39, 0.29) is 12.1 Å². The molecule has 0 amide bonds. The van der Waals surface area contributed by atoms with Crippen LogP contribution in [0.15, 0.2) is 54.7 Å². The summed E-state index contributed by atoms with van der Waals surface area (Å²) < 4.78 is 0. The second-order valence-electron chi connectivity index (χ2n) is 5.51. The molecule has 0 aliphatic rings. The molecular formula is C18H25N3. The number of pyridine rings is 1. The van der Waals surface area contributed by atoms with Crippen molar-refractivity contribution in [2.45, 2.75) is 38.9 Å². The van der Waals surface area contributed by atoms with Crippen molar-refractivity contribution in [1.82, 2.24) is 9.88 Å². The van der Waals surface area contributed by atoms with Crippen LogP contribution in [0.4, 0.5) is 0 Å². The predicted molar refractivity (Wildman–Crippen MR) is 87.8 cm³/mol. The highest BCUT2D eigenvalue weighted by molar-refractivity contribution is 5.16. The zero-order valence-corrected chi connectivity index (χ0v) is 12.9. The third-order valence-corrected chi connectivity index (χ3v) is 3.62. The zero-order valence-electron chi connectivity index (χ0n) is 12.9. The minimum atomic E-state index is 0.0372. The van der Waals surface area contributed by atoms with Gasteiger partial charge in [0.05, 0.1) is 11.7 Å². The number of nitrogens with two attached hydrogens (primary N) is 1. The molecule has 0 aliphatic heterocycles. The number of nitrogens with zero attached hydrogens (tertiary/aromatic N) is 2. The van der Waals surface area contributed by atoms with Crippen molar-refractivity contribution in [3.63, 3.8) is 0 Å². The lowest BCUT2D eigenvalue weighted by atomic mass is 10.0. The maximum atomic E-state index is 6.27. The standard InChI is InChI=1S/C18H25N3/c1-3-13-21(14-16-9-5-4-6-10-16)18(15(2)19)17-11-7-8-12-20-17/h4-12,15,18H,3,13-14,19H2,1-2H3. The SMILES string of the molecule is CCCN(Cc1ccccc1)C(c1ccccn1)C(C)N. The van der Waals surface area contributed by atoms with Crippen molar-refractivity contribution in [2.75, 3.05) is 6.54 Å². The molecule has 1 heterocycles. The van der Waals surface area contributed by atoms with E-state index >= 15 is 0 Å². The lowest BCUT2D eigenvalue weighted by Crippen LogP contribution is -2.40. The van der Waals surface area contributed by atoms with Gasteiger partial charge in [-0.25, -0.2) is 0 Å². The van der Waals surface area contributed by atoms with Gasteiger partial charge in [-0.1, -0.05) is 43.3 Å². The molecule has 2 aromatic rings. The van der Waals surface area contributed by atoms with Gasteiger partial charge in [0.15, 0.2) is 0 Å². The van der Waals surface area contributed by atoms with E-state index in [1.165, 1.54) is 5.56 Å². The van der Waals surface area contributed by atoms with Crippen molar-refractivity contribution in [3.05, 3.63) is 66.0 Å². The highest BCUT2D eigenvalue weighted by Gasteiger charge is 2.24. The Bertz CT molecular complexity index is 511. The van der Waals surface area contributed by atoms with Crippen LogP contribution in [0, 0.1) is 0 Å². The van der Waals surface area contributed by atoms with Gasteiger partial charge in [0, 0.05) is 18.8 Å². The van der Waals surface area contributed by atoms with E-state index in [0.717, 1.165) is 25.2 Å². The summed E-state index contributed by atoms with van der Waals surface area (Å²) in [5.74, 6) is 0. The molecule has 112 valence electrons. The van der Waals surface area contributed by atoms with Gasteiger partial charge < -0.3 is 5.73 Å². The average Bonchev–Trinajstić information content (AvgIpc) is 2.49. The Labute approximate surface area is 127 Å². The Balaban J connectivity index is 2.25. The van der Waals surface area contributed by atoms with Gasteiger partial charge in [-0.2, -0.15) is 0 Å². The number of hydrogen-bond donors (Lipinski definition) is 1. The van der Waals surface area contributed by atoms with E-state index < -0.39 is 0 Å². The highest BCUT2D eigenvalue weighted by atomic mass is 15.2. The van der Waals surface area contributed by atoms with Gasteiger partial charge in [0.25, 0.3) is 0 Å². The summed E-state index contributed by atoms with van der Waals surface area (Å²) in [5.41, 5.74) is 8.64. The topological polar surface area (TPSA) is 42.2 Å². The highest BCUT2D eigenvalue weighted by Crippen LogP contribution is 2.24. The number of benzene rings is 1. The number of rotatable bonds is 7. The molecule has 2 unspecified atom stereocenters. The molecule has 0 aliphatic carbocycles. The molecule has 3 nitrogen and oxygen atoms in total. The first-order valence-corrected chi connectivity index (χ1v) is 7.67. The van der Waals surface area contributed by atoms with Gasteiger partial charge >= 0.3 is 0 Å². The molecule has 1 aromatic heterocycles. The Kier molecular flexibility index (Phi) is 5.90. The van der Waals surface area contributed by atoms with Crippen molar-refractivity contribution in [3.8, 4) is 0 Å². The average molecular weight is 283 g/mol. The maximum Gasteiger partial charge on any atom is 0.0673 e. The van der Waals surface area contributed by atoms with Gasteiger partial charge in [-0.15, -0.1) is 0 Å². The largest absolute Gasteiger partial charge is 0.326 e. The van der Waals surface area contributed by atoms with Crippen molar-refractivity contribution >= 4 is 0 Å². The number of aromatic nitrogens is 1. The summed E-state index contributed by atoms with van der Waals surface area (Å²) in [6.07, 6.45) is 2.94. The first kappa shape index (κ1) is 15.7. The van der Waals surface area contributed by atoms with Crippen molar-refractivity contribution < 1.29 is 0 Å². The lowest BCUT2D eigenvalue weighted by molar-refractivity contribution is 0.164. The monoisotopic (exact) mass is 283 g/mol. The van der Waals surface area contributed by atoms with Crippen LogP contribution in [0.3, 0.4) is 0 Å². The quantitative estimate of drug-likeness (QED) is 0.847. The van der Waals surface area contributed by atoms with E-state index in [0.29, 0.717) is 0 Å². The van der Waals surface area contributed by atoms with E-state index in [2.05, 4.69) is 60.1 Å². The molecule has 0 saturated carbocycles. The van der Waals surface area contributed by atoms with E-state index in [4.69, 9.17) is 5.73 Å². The molecule has 21 heavy (non-hydrogen) atoms. The zero-order chi connectivity index (χ0) is 15.1. The van der Waals surface area contributed by atoms with Gasteiger partial charge in [-0.05, 0) is 37.6 Å². The molecule has 0 spiro atoms. The fourth-order valence-corrected chi connectivity index (χ4v) is 2.76. The van der Waals surface area contributed by atoms with Crippen LogP contribution < -0.4 is 5.73 Å². The third kappa shape index (κ3) is 4.38. The Morgan fingerprint density at radius 3 is 2.38 bits per heavy atom. The molecule has 2 atom stereocenters. The van der Waals surface area contributed by atoms with Crippen LogP contribution in [-0.4, -0.2) is 22.5 Å². The Hall–Kier alpha value is -1.71. The first-order chi connectivity index (χ1) is 10.2. The molecule has 2 rings (SSSR count). The van der Waals surface area contributed by atoms with Gasteiger partial charge in [0.2, 0.25) is 0 Å². The van der Waals surface area contributed by atoms with Crippen LogP contribution in [0.2, 0.25) is 0 Å². The summed E-state index contributed by atoms with van der Waals surface area (Å²) in [5, 5.41) is 0. The van der Waals surface area contributed by atoms with E-state index in [9.17, 15) is 0 Å². The molecule has 0 saturated heterocycles. The fourth-order valence-electron chi connectivity index (χ4n) is 2.76. The summed E-state index contributed by atoms with van der Waals surface area (Å²) >= 11 is 0. The Morgan fingerprint density at radius 1 is 1.10 bits per heavy atom. The maximum absolute atomic E-state index is 6.27. The van der Waals surface area contributed by atoms with Crippen LogP contribution in [0.25, 0.3) is 0 Å². The summed E-state index contributed by atoms with van der Waals surface area (Å²) in [6, 6.07) is 16.8. The normalized spacial score (nSPS) is 14.1. The van der Waals surface area contributed by atoms with E-state index in [1.807, 2.05) is 18.3 Å². The first-order valence-electron chi connectivity index (χ1n) is 7.67. The molecule has 1 aromatic carbocycles. The van der Waals surface area contributed by atoms with Gasteiger partial charge in [0.1, 0.15) is 0 Å². The van der Waals surface area contributed by atoms with Crippen molar-refractivity contribution in [2.24, 2.45) is 5.73 Å². The summed E-state index contributed by atoms with van der Waals surface area (Å²) in [4.78, 5) is 6.96. The Morgan fingerprint density at radius 2 is 1.81 bits per heavy atom. The van der Waals surface area contributed by atoms with Gasteiger partial charge in [-0.3, -0.25) is 9.88 Å². The predicted octanol–water partition coefficient (Wildman–Crippen LogP) is 3.38. The molecule has 3 heteroatoms. The molecule has 2 N–H and O–H groups in total. The lowest BCUT2D eigenvalue weighted by Gasteiger charge is -2.33. The fraction of sp³-hybridized carbons (Fsp3) is 0.389. The van der Waals surface area contributed by atoms with Crippen LogP contribution >= 0.6 is 0 Å². The second kappa shape index (κ2) is 7.91. The summed E-state index contributed by atoms with van der Waals surface area (Å²) in [6.45, 7) is 6.18. The van der Waals surface area contributed by atoms with Crippen molar-refractivity contribution in [1.29, 1.82) is 0 Å². The molecule has 0 radical (unpaired) electrons. The minimum absolute atomic E-state index is 0.0372. The minimum Gasteiger partial charge on any atom is -0.326 e.